The zero-order chi connectivity index (χ0) is 14.9. The van der Waals surface area contributed by atoms with Crippen molar-refractivity contribution in [1.82, 2.24) is 4.31 Å². The van der Waals surface area contributed by atoms with Gasteiger partial charge in [0.05, 0.1) is 4.90 Å². The Hall–Kier alpha value is 0.250. The average Bonchev–Trinajstić information content (AvgIpc) is 2.41. The smallest absolute Gasteiger partial charge is 0.207 e. The van der Waals surface area contributed by atoms with E-state index in [9.17, 15) is 8.42 Å². The fraction of sp³-hybridized carbons (Fsp3) is 0.538. The molecular weight excluding hydrogens is 382 g/mol. The van der Waals surface area contributed by atoms with Gasteiger partial charge in [-0.1, -0.05) is 15.9 Å². The fourth-order valence-corrected chi connectivity index (χ4v) is 6.19. The number of sulfonamides is 1. The SMILES string of the molecule is Cc1c(Br)cc(CCl)cc1S(=O)(=O)N1CCSCC1C. The van der Waals surface area contributed by atoms with Crippen LogP contribution < -0.4 is 0 Å². The molecule has 1 aromatic carbocycles. The third kappa shape index (κ3) is 3.19. The minimum absolute atomic E-state index is 0.0246. The van der Waals surface area contributed by atoms with Crippen LogP contribution >= 0.6 is 39.3 Å². The van der Waals surface area contributed by atoms with Gasteiger partial charge >= 0.3 is 0 Å². The number of alkyl halides is 1. The molecular formula is C13H17BrClNO2S2. The van der Waals surface area contributed by atoms with E-state index in [2.05, 4.69) is 15.9 Å². The summed E-state index contributed by atoms with van der Waals surface area (Å²) in [6.07, 6.45) is 0. The molecule has 7 heteroatoms. The standard InChI is InChI=1S/C13H17BrClNO2S2/c1-9-8-19-4-3-16(9)20(17,18)13-6-11(7-15)5-12(14)10(13)2/h5-6,9H,3-4,7-8H2,1-2H3. The highest BCUT2D eigenvalue weighted by atomic mass is 79.9. The van der Waals surface area contributed by atoms with Crippen LogP contribution in [-0.2, 0) is 15.9 Å². The van der Waals surface area contributed by atoms with Crippen molar-refractivity contribution in [3.8, 4) is 0 Å². The molecule has 1 fully saturated rings. The first kappa shape index (κ1) is 16.6. The molecule has 0 bridgehead atoms. The quantitative estimate of drug-likeness (QED) is 0.730. The zero-order valence-electron chi connectivity index (χ0n) is 11.4. The predicted molar refractivity (Wildman–Crippen MR) is 89.1 cm³/mol. The third-order valence-electron chi connectivity index (χ3n) is 3.40. The van der Waals surface area contributed by atoms with Crippen LogP contribution in [0.15, 0.2) is 21.5 Å². The number of hydrogen-bond donors (Lipinski definition) is 0. The summed E-state index contributed by atoms with van der Waals surface area (Å²) in [6, 6.07) is 3.59. The van der Waals surface area contributed by atoms with Crippen molar-refractivity contribution in [1.29, 1.82) is 0 Å². The van der Waals surface area contributed by atoms with Crippen molar-refractivity contribution in [2.45, 2.75) is 30.7 Å². The van der Waals surface area contributed by atoms with Gasteiger partial charge in [0, 0.05) is 34.4 Å². The summed E-state index contributed by atoms with van der Waals surface area (Å²) in [7, 11) is -3.47. The Morgan fingerprint density at radius 3 is 2.80 bits per heavy atom. The molecule has 0 aliphatic carbocycles. The van der Waals surface area contributed by atoms with Crippen molar-refractivity contribution < 1.29 is 8.42 Å². The first-order chi connectivity index (χ1) is 9.37. The molecule has 20 heavy (non-hydrogen) atoms. The Labute approximate surface area is 138 Å². The van der Waals surface area contributed by atoms with Gasteiger partial charge < -0.3 is 0 Å². The lowest BCUT2D eigenvalue weighted by atomic mass is 10.2. The second kappa shape index (κ2) is 6.57. The molecule has 1 unspecified atom stereocenters. The van der Waals surface area contributed by atoms with Gasteiger partial charge in [-0.15, -0.1) is 11.6 Å². The number of rotatable bonds is 3. The molecule has 1 saturated heterocycles. The van der Waals surface area contributed by atoms with Gasteiger partial charge in [0.15, 0.2) is 0 Å². The number of nitrogens with zero attached hydrogens (tertiary/aromatic N) is 1. The molecule has 3 nitrogen and oxygen atoms in total. The number of halogens is 2. The Balaban J connectivity index is 2.51. The highest BCUT2D eigenvalue weighted by Crippen LogP contribution is 2.31. The molecule has 0 amide bonds. The summed E-state index contributed by atoms with van der Waals surface area (Å²) in [6.45, 7) is 4.34. The normalized spacial score (nSPS) is 21.1. The molecule has 2 rings (SSSR count). The van der Waals surface area contributed by atoms with Crippen molar-refractivity contribution in [3.63, 3.8) is 0 Å². The van der Waals surface area contributed by atoms with Gasteiger partial charge in [0.1, 0.15) is 0 Å². The van der Waals surface area contributed by atoms with Crippen LogP contribution in [-0.4, -0.2) is 36.8 Å². The summed E-state index contributed by atoms with van der Waals surface area (Å²) in [5.41, 5.74) is 1.55. The minimum Gasteiger partial charge on any atom is -0.207 e. The highest BCUT2D eigenvalue weighted by Gasteiger charge is 2.32. The van der Waals surface area contributed by atoms with E-state index in [1.165, 1.54) is 0 Å². The van der Waals surface area contributed by atoms with E-state index in [0.29, 0.717) is 17.3 Å². The lowest BCUT2D eigenvalue weighted by Gasteiger charge is -2.32. The molecule has 0 N–H and O–H groups in total. The van der Waals surface area contributed by atoms with E-state index in [4.69, 9.17) is 11.6 Å². The van der Waals surface area contributed by atoms with Crippen molar-refractivity contribution in [2.24, 2.45) is 0 Å². The largest absolute Gasteiger partial charge is 0.243 e. The van der Waals surface area contributed by atoms with E-state index in [0.717, 1.165) is 27.1 Å². The Morgan fingerprint density at radius 2 is 2.20 bits per heavy atom. The Bertz CT molecular complexity index is 607. The second-order valence-electron chi connectivity index (χ2n) is 4.87. The van der Waals surface area contributed by atoms with Crippen LogP contribution in [0.1, 0.15) is 18.1 Å². The summed E-state index contributed by atoms with van der Waals surface area (Å²) >= 11 is 11.1. The summed E-state index contributed by atoms with van der Waals surface area (Å²) < 4.78 is 28.2. The van der Waals surface area contributed by atoms with Crippen LogP contribution in [0.3, 0.4) is 0 Å². The van der Waals surface area contributed by atoms with Gasteiger partial charge in [-0.2, -0.15) is 16.1 Å². The van der Waals surface area contributed by atoms with Crippen molar-refractivity contribution in [2.75, 3.05) is 18.1 Å². The molecule has 1 aliphatic heterocycles. The maximum Gasteiger partial charge on any atom is 0.243 e. The van der Waals surface area contributed by atoms with Gasteiger partial charge in [-0.25, -0.2) is 8.42 Å². The monoisotopic (exact) mass is 397 g/mol. The molecule has 1 aliphatic rings. The molecule has 1 aromatic rings. The van der Waals surface area contributed by atoms with Crippen LogP contribution in [0, 0.1) is 6.92 Å². The van der Waals surface area contributed by atoms with Crippen LogP contribution in [0.25, 0.3) is 0 Å². The molecule has 112 valence electrons. The predicted octanol–water partition coefficient (Wildman–Crippen LogP) is 3.62. The van der Waals surface area contributed by atoms with E-state index in [-0.39, 0.29) is 6.04 Å². The lowest BCUT2D eigenvalue weighted by Crippen LogP contribution is -2.44. The fourth-order valence-electron chi connectivity index (χ4n) is 2.25. The minimum atomic E-state index is -3.47. The summed E-state index contributed by atoms with van der Waals surface area (Å²) in [5, 5.41) is 0. The average molecular weight is 399 g/mol. The third-order valence-corrected chi connectivity index (χ3v) is 7.87. The van der Waals surface area contributed by atoms with Gasteiger partial charge in [0.2, 0.25) is 10.0 Å². The van der Waals surface area contributed by atoms with Crippen LogP contribution in [0.5, 0.6) is 0 Å². The number of benzene rings is 1. The first-order valence-corrected chi connectivity index (χ1v) is 10.2. The number of thioether (sulfide) groups is 1. The topological polar surface area (TPSA) is 37.4 Å². The summed E-state index contributed by atoms with van der Waals surface area (Å²) in [5.74, 6) is 1.99. The van der Waals surface area contributed by atoms with Crippen molar-refractivity contribution >= 4 is 49.3 Å². The second-order valence-corrected chi connectivity index (χ2v) is 9.00. The molecule has 0 spiro atoms. The van der Waals surface area contributed by atoms with Crippen LogP contribution in [0.4, 0.5) is 0 Å². The highest BCUT2D eigenvalue weighted by molar-refractivity contribution is 9.10. The molecule has 1 atom stereocenters. The molecule has 0 saturated carbocycles. The van der Waals surface area contributed by atoms with E-state index in [1.807, 2.05) is 19.9 Å². The Kier molecular flexibility index (Phi) is 5.46. The lowest BCUT2D eigenvalue weighted by molar-refractivity contribution is 0.367. The van der Waals surface area contributed by atoms with E-state index in [1.54, 1.807) is 22.1 Å². The maximum absolute atomic E-state index is 12.9. The van der Waals surface area contributed by atoms with Gasteiger partial charge in [0.25, 0.3) is 0 Å². The van der Waals surface area contributed by atoms with Crippen molar-refractivity contribution in [3.05, 3.63) is 27.7 Å². The Morgan fingerprint density at radius 1 is 1.50 bits per heavy atom. The number of hydrogen-bond acceptors (Lipinski definition) is 3. The maximum atomic E-state index is 12.9. The molecule has 0 radical (unpaired) electrons. The molecule has 1 heterocycles. The van der Waals surface area contributed by atoms with E-state index < -0.39 is 10.0 Å². The first-order valence-electron chi connectivity index (χ1n) is 6.32. The summed E-state index contributed by atoms with van der Waals surface area (Å²) in [4.78, 5) is 0.362. The van der Waals surface area contributed by atoms with Crippen LogP contribution in [0.2, 0.25) is 0 Å². The van der Waals surface area contributed by atoms with Gasteiger partial charge in [-0.3, -0.25) is 0 Å². The zero-order valence-corrected chi connectivity index (χ0v) is 15.4. The van der Waals surface area contributed by atoms with Gasteiger partial charge in [-0.05, 0) is 37.1 Å². The molecule has 0 aromatic heterocycles. The van der Waals surface area contributed by atoms with E-state index >= 15 is 0 Å².